The van der Waals surface area contributed by atoms with Crippen molar-refractivity contribution >= 4 is 5.94 Å². The Hall–Kier alpha value is -0.590. The van der Waals surface area contributed by atoms with Crippen molar-refractivity contribution in [2.75, 3.05) is 20.6 Å². The fourth-order valence-electron chi connectivity index (χ4n) is 0.507. The molecule has 0 spiro atoms. The molecule has 0 aliphatic carbocycles. The van der Waals surface area contributed by atoms with Crippen LogP contribution in [0.25, 0.3) is 0 Å². The van der Waals surface area contributed by atoms with Crippen LogP contribution in [0, 0.1) is 0 Å². The zero-order valence-corrected chi connectivity index (χ0v) is 5.56. The predicted molar refractivity (Wildman–Crippen MR) is 33.4 cm³/mol. The van der Waals surface area contributed by atoms with Crippen molar-refractivity contribution in [1.82, 2.24) is 4.90 Å². The first-order chi connectivity index (χ1) is 3.66. The Kier molecular flexibility index (Phi) is 3.16. The Bertz CT molecular complexity index is 112. The molecule has 0 radical (unpaired) electrons. The maximum atomic E-state index is 9.85. The highest BCUT2D eigenvalue weighted by atomic mass is 16.1. The molecule has 0 aromatic carbocycles. The standard InChI is InChI=1S/C6H11NO/c1-6(5-8)4-7(2)3/h4H2,1-3H3. The van der Waals surface area contributed by atoms with Crippen LogP contribution in [0.3, 0.4) is 0 Å². The quantitative estimate of drug-likeness (QED) is 0.481. The molecule has 0 heterocycles. The van der Waals surface area contributed by atoms with Crippen LogP contribution in [0.1, 0.15) is 6.92 Å². The Morgan fingerprint density at radius 1 is 1.62 bits per heavy atom. The summed E-state index contributed by atoms with van der Waals surface area (Å²) in [5.74, 6) is 1.82. The van der Waals surface area contributed by atoms with Crippen molar-refractivity contribution in [2.24, 2.45) is 0 Å². The highest BCUT2D eigenvalue weighted by molar-refractivity contribution is 5.51. The van der Waals surface area contributed by atoms with E-state index in [4.69, 9.17) is 0 Å². The van der Waals surface area contributed by atoms with Gasteiger partial charge in [0.2, 0.25) is 0 Å². The van der Waals surface area contributed by atoms with Gasteiger partial charge in [-0.05, 0) is 21.0 Å². The van der Waals surface area contributed by atoms with Crippen molar-refractivity contribution in [1.29, 1.82) is 0 Å². The molecule has 0 saturated carbocycles. The van der Waals surface area contributed by atoms with Gasteiger partial charge in [0.05, 0.1) is 0 Å². The summed E-state index contributed by atoms with van der Waals surface area (Å²) in [5, 5.41) is 0. The monoisotopic (exact) mass is 113 g/mol. The lowest BCUT2D eigenvalue weighted by atomic mass is 10.3. The largest absolute Gasteiger partial charge is 0.305 e. The lowest BCUT2D eigenvalue weighted by molar-refractivity contribution is 0.445. The summed E-state index contributed by atoms with van der Waals surface area (Å²) in [4.78, 5) is 11.8. The normalized spacial score (nSPS) is 9.00. The molecule has 0 aromatic heterocycles. The van der Waals surface area contributed by atoms with Crippen molar-refractivity contribution in [3.05, 3.63) is 5.57 Å². The molecule has 0 amide bonds. The van der Waals surface area contributed by atoms with Crippen molar-refractivity contribution in [3.63, 3.8) is 0 Å². The minimum Gasteiger partial charge on any atom is -0.305 e. The highest BCUT2D eigenvalue weighted by Gasteiger charge is 1.89. The van der Waals surface area contributed by atoms with Gasteiger partial charge in [-0.1, -0.05) is 0 Å². The van der Waals surface area contributed by atoms with Crippen LogP contribution in [-0.4, -0.2) is 31.5 Å². The minimum absolute atomic E-state index is 0.712. The molecule has 46 valence electrons. The molecule has 0 aromatic rings. The van der Waals surface area contributed by atoms with Crippen LogP contribution in [-0.2, 0) is 4.79 Å². The second kappa shape index (κ2) is 3.42. The first kappa shape index (κ1) is 7.41. The molecule has 2 heteroatoms. The number of hydrogen-bond donors (Lipinski definition) is 0. The Morgan fingerprint density at radius 3 is 2.25 bits per heavy atom. The van der Waals surface area contributed by atoms with E-state index in [2.05, 4.69) is 0 Å². The molecule has 0 atom stereocenters. The molecule has 0 fully saturated rings. The van der Waals surface area contributed by atoms with Gasteiger partial charge < -0.3 is 4.90 Å². The van der Waals surface area contributed by atoms with E-state index >= 15 is 0 Å². The molecule has 0 aliphatic rings. The second-order valence-electron chi connectivity index (χ2n) is 2.12. The number of carbonyl (C=O) groups excluding carboxylic acids is 1. The average molecular weight is 113 g/mol. The van der Waals surface area contributed by atoms with Gasteiger partial charge in [0.1, 0.15) is 5.94 Å². The third-order valence-corrected chi connectivity index (χ3v) is 0.728. The fourth-order valence-corrected chi connectivity index (χ4v) is 0.507. The van der Waals surface area contributed by atoms with Gasteiger partial charge >= 0.3 is 0 Å². The van der Waals surface area contributed by atoms with Crippen LogP contribution in [0.4, 0.5) is 0 Å². The highest BCUT2D eigenvalue weighted by Crippen LogP contribution is 1.85. The maximum absolute atomic E-state index is 9.85. The van der Waals surface area contributed by atoms with Crippen molar-refractivity contribution in [3.8, 4) is 0 Å². The van der Waals surface area contributed by atoms with E-state index in [1.54, 1.807) is 6.92 Å². The van der Waals surface area contributed by atoms with E-state index in [-0.39, 0.29) is 0 Å². The van der Waals surface area contributed by atoms with Gasteiger partial charge in [-0.15, -0.1) is 0 Å². The summed E-state index contributed by atoms with van der Waals surface area (Å²) in [6.07, 6.45) is 0. The third kappa shape index (κ3) is 3.59. The smallest absolute Gasteiger partial charge is 0.124 e. The molecule has 0 saturated heterocycles. The Balaban J connectivity index is 3.56. The topological polar surface area (TPSA) is 20.3 Å². The average Bonchev–Trinajstić information content (AvgIpc) is 1.65. The molecule has 8 heavy (non-hydrogen) atoms. The minimum atomic E-state index is 0.712. The van der Waals surface area contributed by atoms with E-state index < -0.39 is 0 Å². The van der Waals surface area contributed by atoms with Gasteiger partial charge in [0.15, 0.2) is 0 Å². The molecule has 0 unspecified atom stereocenters. The van der Waals surface area contributed by atoms with Gasteiger partial charge in [-0.2, -0.15) is 0 Å². The second-order valence-corrected chi connectivity index (χ2v) is 2.12. The van der Waals surface area contributed by atoms with Crippen LogP contribution in [0.2, 0.25) is 0 Å². The number of hydrogen-bond acceptors (Lipinski definition) is 2. The zero-order chi connectivity index (χ0) is 6.57. The van der Waals surface area contributed by atoms with Crippen LogP contribution < -0.4 is 0 Å². The third-order valence-electron chi connectivity index (χ3n) is 0.728. The Labute approximate surface area is 49.8 Å². The molecule has 0 aliphatic heterocycles. The molecule has 2 nitrogen and oxygen atoms in total. The molecule has 0 N–H and O–H groups in total. The molecule has 0 bridgehead atoms. The van der Waals surface area contributed by atoms with Crippen LogP contribution >= 0.6 is 0 Å². The summed E-state index contributed by atoms with van der Waals surface area (Å²) >= 11 is 0. The van der Waals surface area contributed by atoms with E-state index in [0.29, 0.717) is 6.54 Å². The van der Waals surface area contributed by atoms with Gasteiger partial charge in [-0.3, -0.25) is 0 Å². The first-order valence-electron chi connectivity index (χ1n) is 2.52. The van der Waals surface area contributed by atoms with E-state index in [0.717, 1.165) is 5.57 Å². The van der Waals surface area contributed by atoms with E-state index in [9.17, 15) is 4.79 Å². The van der Waals surface area contributed by atoms with Crippen molar-refractivity contribution < 1.29 is 4.79 Å². The lowest BCUT2D eigenvalue weighted by Gasteiger charge is -2.05. The van der Waals surface area contributed by atoms with Gasteiger partial charge in [-0.25, -0.2) is 4.79 Å². The molecular formula is C6H11NO. The SMILES string of the molecule is CC(=C=O)CN(C)C. The number of likely N-dealkylation sites (N-methyl/N-ethyl adjacent to an activating group) is 1. The maximum Gasteiger partial charge on any atom is 0.124 e. The van der Waals surface area contributed by atoms with Crippen LogP contribution in [0.5, 0.6) is 0 Å². The van der Waals surface area contributed by atoms with Gasteiger partial charge in [0, 0.05) is 12.1 Å². The summed E-state index contributed by atoms with van der Waals surface area (Å²) < 4.78 is 0. The zero-order valence-electron chi connectivity index (χ0n) is 5.56. The predicted octanol–water partition coefficient (Wildman–Crippen LogP) is 0.326. The first-order valence-corrected chi connectivity index (χ1v) is 2.52. The number of nitrogens with zero attached hydrogens (tertiary/aromatic N) is 1. The van der Waals surface area contributed by atoms with Gasteiger partial charge in [0.25, 0.3) is 0 Å². The molecule has 0 rings (SSSR count). The van der Waals surface area contributed by atoms with E-state index in [1.807, 2.05) is 24.9 Å². The Morgan fingerprint density at radius 2 is 2.12 bits per heavy atom. The lowest BCUT2D eigenvalue weighted by Crippen LogP contribution is -2.13. The summed E-state index contributed by atoms with van der Waals surface area (Å²) in [7, 11) is 3.84. The summed E-state index contributed by atoms with van der Waals surface area (Å²) in [6, 6.07) is 0. The van der Waals surface area contributed by atoms with Crippen molar-refractivity contribution in [2.45, 2.75) is 6.92 Å². The summed E-state index contributed by atoms with van der Waals surface area (Å²) in [5.41, 5.74) is 0.745. The van der Waals surface area contributed by atoms with Crippen LogP contribution in [0.15, 0.2) is 5.57 Å². The number of rotatable bonds is 2. The fraction of sp³-hybridized carbons (Fsp3) is 0.667. The summed E-state index contributed by atoms with van der Waals surface area (Å²) in [6.45, 7) is 2.48. The molecular weight excluding hydrogens is 102 g/mol. The van der Waals surface area contributed by atoms with E-state index in [1.165, 1.54) is 0 Å².